The fourth-order valence-corrected chi connectivity index (χ4v) is 2.76. The number of methoxy groups -OCH3 is 1. The Bertz CT molecular complexity index is 848. The molecule has 0 spiro atoms. The van der Waals surface area contributed by atoms with Gasteiger partial charge in [-0.3, -0.25) is 10.1 Å². The number of allylic oxidation sites excluding steroid dienone is 5. The van der Waals surface area contributed by atoms with Crippen LogP contribution in [0.1, 0.15) is 0 Å². The van der Waals surface area contributed by atoms with Crippen molar-refractivity contribution in [2.75, 3.05) is 7.11 Å². The van der Waals surface area contributed by atoms with E-state index in [-0.39, 0.29) is 21.9 Å². The molecule has 9 heteroatoms. The average Bonchev–Trinajstić information content (AvgIpc) is 2.54. The molecule has 0 fully saturated rings. The normalized spacial score (nSPS) is 18.0. The summed E-state index contributed by atoms with van der Waals surface area (Å²) in [5.74, 6) is -0.719. The summed E-state index contributed by atoms with van der Waals surface area (Å²) in [4.78, 5) is 9.73. The van der Waals surface area contributed by atoms with Crippen molar-refractivity contribution in [1.82, 2.24) is 0 Å². The molecule has 0 amide bonds. The van der Waals surface area contributed by atoms with Gasteiger partial charge in [-0.05, 0) is 25.3 Å². The lowest BCUT2D eigenvalue weighted by molar-refractivity contribution is -0.384. The largest absolute Gasteiger partial charge is 0.616 e. The van der Waals surface area contributed by atoms with Gasteiger partial charge in [0.05, 0.1) is 21.5 Å². The minimum Gasteiger partial charge on any atom is -0.616 e. The lowest BCUT2D eigenvalue weighted by Gasteiger charge is -2.15. The fraction of sp³-hybridized carbons (Fsp3) is 0.0714. The molecule has 1 aromatic carbocycles. The number of nitrogens with zero attached hydrogens (tertiary/aromatic N) is 2. The number of hydrogen-bond acceptors (Lipinski definition) is 6. The molecule has 1 aromatic rings. The predicted molar refractivity (Wildman–Crippen MR) is 80.0 cm³/mol. The highest BCUT2D eigenvalue weighted by Gasteiger charge is 2.17. The van der Waals surface area contributed by atoms with Crippen LogP contribution in [0.25, 0.3) is 0 Å². The number of hydrogen-bond donors (Lipinski definition) is 0. The van der Waals surface area contributed by atoms with Crippen LogP contribution in [0.5, 0.6) is 0 Å². The molecule has 0 aromatic heterocycles. The Hall–Kier alpha value is -2.94. The third-order valence-electron chi connectivity index (χ3n) is 2.87. The third kappa shape index (κ3) is 3.64. The van der Waals surface area contributed by atoms with Crippen molar-refractivity contribution in [2.45, 2.75) is 4.90 Å². The monoisotopic (exact) mass is 335 g/mol. The SMILES string of the molecule is COC([O-])=C1C=CC=CC1=NS(=O)(=O)c1ccc([N+](=O)[O-])cc1. The Morgan fingerprint density at radius 1 is 1.17 bits per heavy atom. The van der Waals surface area contributed by atoms with Crippen LogP contribution in [-0.4, -0.2) is 26.2 Å². The molecule has 0 atom stereocenters. The van der Waals surface area contributed by atoms with Crippen LogP contribution in [0, 0.1) is 10.1 Å². The first-order valence-corrected chi connectivity index (χ1v) is 7.69. The minimum atomic E-state index is -4.13. The average molecular weight is 335 g/mol. The van der Waals surface area contributed by atoms with Crippen LogP contribution in [0.15, 0.2) is 69.4 Å². The second kappa shape index (κ2) is 6.44. The summed E-state index contributed by atoms with van der Waals surface area (Å²) in [5.41, 5.74) is -0.308. The van der Waals surface area contributed by atoms with E-state index in [0.29, 0.717) is 0 Å². The molecule has 1 aliphatic rings. The lowest BCUT2D eigenvalue weighted by atomic mass is 10.1. The van der Waals surface area contributed by atoms with Crippen LogP contribution in [0.2, 0.25) is 0 Å². The molecule has 0 aliphatic heterocycles. The lowest BCUT2D eigenvalue weighted by Crippen LogP contribution is -2.15. The van der Waals surface area contributed by atoms with Gasteiger partial charge in [0.2, 0.25) is 0 Å². The summed E-state index contributed by atoms with van der Waals surface area (Å²) in [6.07, 6.45) is 5.81. The van der Waals surface area contributed by atoms with Gasteiger partial charge in [-0.1, -0.05) is 18.2 Å². The molecule has 8 nitrogen and oxygen atoms in total. The Morgan fingerprint density at radius 3 is 2.35 bits per heavy atom. The van der Waals surface area contributed by atoms with Crippen molar-refractivity contribution in [1.29, 1.82) is 0 Å². The molecule has 0 saturated heterocycles. The molecule has 120 valence electrons. The quantitative estimate of drug-likeness (QED) is 0.461. The van der Waals surface area contributed by atoms with Crippen molar-refractivity contribution < 1.29 is 23.2 Å². The van der Waals surface area contributed by atoms with Crippen LogP contribution < -0.4 is 5.11 Å². The molecular formula is C14H11N2O6S-. The summed E-state index contributed by atoms with van der Waals surface area (Å²) >= 11 is 0. The Balaban J connectivity index is 2.45. The molecule has 0 saturated carbocycles. The first-order chi connectivity index (χ1) is 10.8. The highest BCUT2D eigenvalue weighted by Crippen LogP contribution is 2.20. The van der Waals surface area contributed by atoms with E-state index in [9.17, 15) is 23.6 Å². The maximum Gasteiger partial charge on any atom is 0.282 e. The van der Waals surface area contributed by atoms with E-state index in [1.807, 2.05) is 0 Å². The van der Waals surface area contributed by atoms with Crippen LogP contribution in [-0.2, 0) is 14.8 Å². The smallest absolute Gasteiger partial charge is 0.282 e. The zero-order chi connectivity index (χ0) is 17.0. The topological polar surface area (TPSA) is 122 Å². The molecular weight excluding hydrogens is 324 g/mol. The van der Waals surface area contributed by atoms with Crippen LogP contribution in [0.4, 0.5) is 5.69 Å². The Morgan fingerprint density at radius 2 is 1.78 bits per heavy atom. The molecule has 0 N–H and O–H groups in total. The molecule has 1 aliphatic carbocycles. The van der Waals surface area contributed by atoms with E-state index in [2.05, 4.69) is 9.13 Å². The summed E-state index contributed by atoms with van der Waals surface area (Å²) in [5, 5.41) is 22.2. The number of nitro groups is 1. The first-order valence-electron chi connectivity index (χ1n) is 6.25. The number of rotatable bonds is 4. The molecule has 2 rings (SSSR count). The van der Waals surface area contributed by atoms with Gasteiger partial charge in [-0.15, -0.1) is 0 Å². The van der Waals surface area contributed by atoms with Gasteiger partial charge in [-0.2, -0.15) is 12.8 Å². The zero-order valence-corrected chi connectivity index (χ0v) is 12.7. The number of nitro benzene ring substituents is 1. The maximum atomic E-state index is 12.3. The summed E-state index contributed by atoms with van der Waals surface area (Å²) in [6.45, 7) is 0. The molecule has 23 heavy (non-hydrogen) atoms. The van der Waals surface area contributed by atoms with Gasteiger partial charge in [0.25, 0.3) is 15.7 Å². The molecule has 0 unspecified atom stereocenters. The maximum absolute atomic E-state index is 12.3. The van der Waals surface area contributed by atoms with Crippen LogP contribution >= 0.6 is 0 Å². The Kier molecular flexibility index (Phi) is 4.60. The standard InChI is InChI=1S/C14H12N2O6S/c1-22-14(17)12-4-2-3-5-13(12)15-23(20,21)11-8-6-10(7-9-11)16(18)19/h2-9,17H,1H3/p-1. The van der Waals surface area contributed by atoms with Gasteiger partial charge >= 0.3 is 0 Å². The molecule has 0 bridgehead atoms. The number of non-ortho nitro benzene ring substituents is 1. The Labute approximate surface area is 131 Å². The van der Waals surface area contributed by atoms with E-state index < -0.39 is 20.9 Å². The number of ether oxygens (including phenoxy) is 1. The fourth-order valence-electron chi connectivity index (χ4n) is 1.76. The summed E-state index contributed by atoms with van der Waals surface area (Å²) in [7, 11) is -2.95. The summed E-state index contributed by atoms with van der Waals surface area (Å²) < 4.78 is 32.7. The second-order valence-corrected chi connectivity index (χ2v) is 5.93. The predicted octanol–water partition coefficient (Wildman–Crippen LogP) is 1.07. The van der Waals surface area contributed by atoms with Gasteiger partial charge < -0.3 is 9.84 Å². The van der Waals surface area contributed by atoms with Crippen molar-refractivity contribution in [3.05, 3.63) is 70.2 Å². The van der Waals surface area contributed by atoms with E-state index >= 15 is 0 Å². The number of benzene rings is 1. The first kappa shape index (κ1) is 16.4. The number of sulfonamides is 1. The van der Waals surface area contributed by atoms with Crippen molar-refractivity contribution in [3.8, 4) is 0 Å². The van der Waals surface area contributed by atoms with Crippen molar-refractivity contribution in [2.24, 2.45) is 4.40 Å². The van der Waals surface area contributed by atoms with E-state index in [1.165, 1.54) is 25.3 Å². The van der Waals surface area contributed by atoms with Gasteiger partial charge in [0, 0.05) is 17.7 Å². The van der Waals surface area contributed by atoms with Crippen molar-refractivity contribution in [3.63, 3.8) is 0 Å². The van der Waals surface area contributed by atoms with Crippen molar-refractivity contribution >= 4 is 21.4 Å². The zero-order valence-electron chi connectivity index (χ0n) is 11.9. The van der Waals surface area contributed by atoms with Gasteiger partial charge in [0.15, 0.2) is 0 Å². The molecule has 0 heterocycles. The van der Waals surface area contributed by atoms with Gasteiger partial charge in [0.1, 0.15) is 0 Å². The van der Waals surface area contributed by atoms with Gasteiger partial charge in [-0.25, -0.2) is 0 Å². The van der Waals surface area contributed by atoms with E-state index in [4.69, 9.17) is 0 Å². The summed E-state index contributed by atoms with van der Waals surface area (Å²) in [6, 6.07) is 4.29. The third-order valence-corrected chi connectivity index (χ3v) is 4.18. The van der Waals surface area contributed by atoms with E-state index in [1.54, 1.807) is 6.08 Å². The highest BCUT2D eigenvalue weighted by atomic mass is 32.2. The highest BCUT2D eigenvalue weighted by molar-refractivity contribution is 7.90. The van der Waals surface area contributed by atoms with Crippen LogP contribution in [0.3, 0.4) is 0 Å². The van der Waals surface area contributed by atoms with E-state index in [0.717, 1.165) is 24.3 Å². The minimum absolute atomic E-state index is 0.000451. The molecule has 0 radical (unpaired) electrons. The second-order valence-electron chi connectivity index (χ2n) is 4.33.